The highest BCUT2D eigenvalue weighted by molar-refractivity contribution is 7.99. The molecular formula is C11H16FNO2S2. The van der Waals surface area contributed by atoms with Crippen molar-refractivity contribution in [3.63, 3.8) is 0 Å². The summed E-state index contributed by atoms with van der Waals surface area (Å²) < 4.78 is 35.8. The summed E-state index contributed by atoms with van der Waals surface area (Å²) in [6.45, 7) is 1.63. The molecule has 0 aromatic heterocycles. The summed E-state index contributed by atoms with van der Waals surface area (Å²) in [5, 5.41) is 0. The predicted molar refractivity (Wildman–Crippen MR) is 70.5 cm³/mol. The van der Waals surface area contributed by atoms with Gasteiger partial charge in [-0.05, 0) is 30.4 Å². The van der Waals surface area contributed by atoms with E-state index in [9.17, 15) is 12.8 Å². The van der Waals surface area contributed by atoms with Gasteiger partial charge in [0.25, 0.3) is 0 Å². The van der Waals surface area contributed by atoms with E-state index < -0.39 is 9.84 Å². The molecule has 0 spiro atoms. The fourth-order valence-electron chi connectivity index (χ4n) is 1.24. The number of sulfone groups is 1. The largest absolute Gasteiger partial charge is 0.399 e. The van der Waals surface area contributed by atoms with Gasteiger partial charge in [0, 0.05) is 16.3 Å². The minimum absolute atomic E-state index is 0.160. The second kappa shape index (κ2) is 6.26. The summed E-state index contributed by atoms with van der Waals surface area (Å²) >= 11 is 1.31. The lowest BCUT2D eigenvalue weighted by Gasteiger charge is -2.04. The Kier molecular flexibility index (Phi) is 5.27. The summed E-state index contributed by atoms with van der Waals surface area (Å²) in [7, 11) is -2.92. The molecular weight excluding hydrogens is 261 g/mol. The van der Waals surface area contributed by atoms with Crippen LogP contribution in [0.3, 0.4) is 0 Å². The molecule has 0 fully saturated rings. The van der Waals surface area contributed by atoms with Crippen LogP contribution in [0.15, 0.2) is 23.1 Å². The first-order valence-electron chi connectivity index (χ1n) is 5.33. The summed E-state index contributed by atoms with van der Waals surface area (Å²) in [6.07, 6.45) is 0.532. The van der Waals surface area contributed by atoms with E-state index in [1.54, 1.807) is 19.1 Å². The van der Waals surface area contributed by atoms with Crippen molar-refractivity contribution in [3.05, 3.63) is 24.0 Å². The standard InChI is InChI=1S/C11H16FNO2S2/c1-2-17(14,15)7-3-6-16-11-5-4-9(13)8-10(11)12/h4-5,8H,2-3,6-7,13H2,1H3. The lowest BCUT2D eigenvalue weighted by molar-refractivity contribution is 0.596. The van der Waals surface area contributed by atoms with E-state index in [2.05, 4.69) is 0 Å². The summed E-state index contributed by atoms with van der Waals surface area (Å²) in [6, 6.07) is 4.52. The van der Waals surface area contributed by atoms with Crippen LogP contribution in [-0.4, -0.2) is 25.7 Å². The van der Waals surface area contributed by atoms with Crippen LogP contribution < -0.4 is 5.73 Å². The highest BCUT2D eigenvalue weighted by Gasteiger charge is 2.08. The Bertz CT molecular complexity index is 474. The molecule has 0 saturated heterocycles. The van der Waals surface area contributed by atoms with Crippen molar-refractivity contribution in [2.75, 3.05) is 23.0 Å². The number of halogens is 1. The fourth-order valence-corrected chi connectivity index (χ4v) is 3.16. The Hall–Kier alpha value is -0.750. The van der Waals surface area contributed by atoms with Crippen LogP contribution in [0.5, 0.6) is 0 Å². The van der Waals surface area contributed by atoms with Gasteiger partial charge in [-0.1, -0.05) is 6.92 Å². The molecule has 0 radical (unpaired) electrons. The third-order valence-corrected chi connectivity index (χ3v) is 5.18. The maximum Gasteiger partial charge on any atom is 0.150 e. The van der Waals surface area contributed by atoms with Crippen LogP contribution in [0.25, 0.3) is 0 Å². The number of benzene rings is 1. The molecule has 0 aliphatic heterocycles. The highest BCUT2D eigenvalue weighted by Crippen LogP contribution is 2.24. The maximum atomic E-state index is 13.4. The third kappa shape index (κ3) is 4.95. The highest BCUT2D eigenvalue weighted by atomic mass is 32.2. The van der Waals surface area contributed by atoms with Gasteiger partial charge in [0.05, 0.1) is 5.75 Å². The molecule has 17 heavy (non-hydrogen) atoms. The summed E-state index contributed by atoms with van der Waals surface area (Å²) in [4.78, 5) is 0.507. The molecule has 1 aromatic carbocycles. The Labute approximate surface area is 106 Å². The molecule has 0 saturated carbocycles. The second-order valence-corrected chi connectivity index (χ2v) is 7.24. The van der Waals surface area contributed by atoms with E-state index in [-0.39, 0.29) is 17.3 Å². The second-order valence-electron chi connectivity index (χ2n) is 3.63. The molecule has 0 aliphatic carbocycles. The molecule has 3 nitrogen and oxygen atoms in total. The van der Waals surface area contributed by atoms with Gasteiger partial charge >= 0.3 is 0 Å². The van der Waals surface area contributed by atoms with Crippen molar-refractivity contribution >= 4 is 27.3 Å². The maximum absolute atomic E-state index is 13.4. The Morgan fingerprint density at radius 2 is 2.12 bits per heavy atom. The van der Waals surface area contributed by atoms with E-state index in [1.807, 2.05) is 0 Å². The minimum atomic E-state index is -2.92. The smallest absolute Gasteiger partial charge is 0.150 e. The van der Waals surface area contributed by atoms with Crippen molar-refractivity contribution in [1.82, 2.24) is 0 Å². The quantitative estimate of drug-likeness (QED) is 0.492. The number of rotatable bonds is 6. The summed E-state index contributed by atoms with van der Waals surface area (Å²) in [5.74, 6) is 0.550. The molecule has 0 atom stereocenters. The molecule has 96 valence electrons. The van der Waals surface area contributed by atoms with Gasteiger partial charge in [0.15, 0.2) is 0 Å². The van der Waals surface area contributed by atoms with Gasteiger partial charge in [-0.2, -0.15) is 0 Å². The monoisotopic (exact) mass is 277 g/mol. The van der Waals surface area contributed by atoms with Crippen LogP contribution >= 0.6 is 11.8 Å². The number of thioether (sulfide) groups is 1. The molecule has 0 amide bonds. The van der Waals surface area contributed by atoms with Gasteiger partial charge in [-0.3, -0.25) is 0 Å². The zero-order valence-electron chi connectivity index (χ0n) is 9.65. The zero-order valence-corrected chi connectivity index (χ0v) is 11.3. The minimum Gasteiger partial charge on any atom is -0.399 e. The van der Waals surface area contributed by atoms with E-state index in [1.165, 1.54) is 17.8 Å². The zero-order chi connectivity index (χ0) is 12.9. The SMILES string of the molecule is CCS(=O)(=O)CCCSc1ccc(N)cc1F. The average Bonchev–Trinajstić information content (AvgIpc) is 2.27. The molecule has 2 N–H and O–H groups in total. The van der Waals surface area contributed by atoms with Gasteiger partial charge in [0.1, 0.15) is 15.7 Å². The van der Waals surface area contributed by atoms with Crippen molar-refractivity contribution < 1.29 is 12.8 Å². The first-order chi connectivity index (χ1) is 7.94. The number of hydrogen-bond acceptors (Lipinski definition) is 4. The first-order valence-corrected chi connectivity index (χ1v) is 8.13. The molecule has 6 heteroatoms. The number of anilines is 1. The lowest BCUT2D eigenvalue weighted by atomic mass is 10.3. The van der Waals surface area contributed by atoms with Crippen molar-refractivity contribution in [2.24, 2.45) is 0 Å². The van der Waals surface area contributed by atoms with Crippen LogP contribution in [-0.2, 0) is 9.84 Å². The molecule has 0 aliphatic rings. The Morgan fingerprint density at radius 3 is 2.71 bits per heavy atom. The summed E-state index contributed by atoms with van der Waals surface area (Å²) in [5.41, 5.74) is 5.82. The molecule has 1 rings (SSSR count). The van der Waals surface area contributed by atoms with Crippen molar-refractivity contribution in [2.45, 2.75) is 18.2 Å². The van der Waals surface area contributed by atoms with E-state index in [0.29, 0.717) is 22.8 Å². The van der Waals surface area contributed by atoms with Gasteiger partial charge in [0.2, 0.25) is 0 Å². The molecule has 1 aromatic rings. The van der Waals surface area contributed by atoms with Gasteiger partial charge < -0.3 is 5.73 Å². The molecule has 0 bridgehead atoms. The molecule has 0 unspecified atom stereocenters. The average molecular weight is 277 g/mol. The first kappa shape index (κ1) is 14.3. The predicted octanol–water partition coefficient (Wildman–Crippen LogP) is 2.32. The fraction of sp³-hybridized carbons (Fsp3) is 0.455. The topological polar surface area (TPSA) is 60.2 Å². The molecule has 0 heterocycles. The van der Waals surface area contributed by atoms with E-state index >= 15 is 0 Å². The van der Waals surface area contributed by atoms with Crippen LogP contribution in [0.2, 0.25) is 0 Å². The van der Waals surface area contributed by atoms with Crippen LogP contribution in [0.1, 0.15) is 13.3 Å². The van der Waals surface area contributed by atoms with Gasteiger partial charge in [-0.25, -0.2) is 12.8 Å². The van der Waals surface area contributed by atoms with Crippen molar-refractivity contribution in [1.29, 1.82) is 0 Å². The van der Waals surface area contributed by atoms with E-state index in [4.69, 9.17) is 5.73 Å². The van der Waals surface area contributed by atoms with Gasteiger partial charge in [-0.15, -0.1) is 11.8 Å². The normalized spacial score (nSPS) is 11.6. The Balaban J connectivity index is 2.41. The number of nitrogens with two attached hydrogens (primary N) is 1. The lowest BCUT2D eigenvalue weighted by Crippen LogP contribution is -2.09. The number of hydrogen-bond donors (Lipinski definition) is 1. The Morgan fingerprint density at radius 1 is 1.41 bits per heavy atom. The van der Waals surface area contributed by atoms with E-state index in [0.717, 1.165) is 0 Å². The number of nitrogen functional groups attached to an aromatic ring is 1. The third-order valence-electron chi connectivity index (χ3n) is 2.25. The van der Waals surface area contributed by atoms with Crippen LogP contribution in [0.4, 0.5) is 10.1 Å². The van der Waals surface area contributed by atoms with Crippen LogP contribution in [0, 0.1) is 5.82 Å². The van der Waals surface area contributed by atoms with Crippen molar-refractivity contribution in [3.8, 4) is 0 Å².